The number of ether oxygens (including phenoxy) is 1. The normalized spacial score (nSPS) is 10.8. The summed E-state index contributed by atoms with van der Waals surface area (Å²) in [6.45, 7) is 7.57. The van der Waals surface area contributed by atoms with Crippen LogP contribution in [-0.4, -0.2) is 18.0 Å². The molecule has 0 unspecified atom stereocenters. The zero-order valence-corrected chi connectivity index (χ0v) is 13.8. The van der Waals surface area contributed by atoms with Gasteiger partial charge in [0.1, 0.15) is 5.60 Å². The van der Waals surface area contributed by atoms with E-state index in [9.17, 15) is 4.79 Å². The summed E-state index contributed by atoms with van der Waals surface area (Å²) in [4.78, 5) is 12.9. The van der Waals surface area contributed by atoms with Crippen molar-refractivity contribution in [1.82, 2.24) is 0 Å². The minimum atomic E-state index is -0.449. The van der Waals surface area contributed by atoms with Gasteiger partial charge in [0.05, 0.1) is 4.88 Å². The lowest BCUT2D eigenvalue weighted by Crippen LogP contribution is -3.00. The lowest BCUT2D eigenvalue weighted by atomic mass is 10.2. The molecule has 1 aromatic rings. The molecule has 0 aromatic carbocycles. The summed E-state index contributed by atoms with van der Waals surface area (Å²) < 4.78 is 7.81. The molecule has 0 aliphatic carbocycles. The van der Waals surface area contributed by atoms with Crippen molar-refractivity contribution in [3.8, 4) is 0 Å². The number of halogens is 1. The smallest absolute Gasteiger partial charge is 0.604 e. The van der Waals surface area contributed by atoms with Gasteiger partial charge in [0, 0.05) is 0 Å². The number of carbonyl (C=O) groups is 1. The number of carbonyl (C=O) groups excluding carboxylic acids is 1. The molecule has 0 fully saturated rings. The molecule has 1 heterocycles. The van der Waals surface area contributed by atoms with Crippen molar-refractivity contribution in [1.29, 1.82) is 0 Å². The molecule has 0 N–H and O–H groups in total. The molecule has 1 aromatic heterocycles. The van der Waals surface area contributed by atoms with Gasteiger partial charge in [-0.3, -0.25) is 0 Å². The minimum absolute atomic E-state index is 0. The molecule has 3 nitrogen and oxygen atoms in total. The number of hydrogen-bond acceptors (Lipinski definition) is 4. The van der Waals surface area contributed by atoms with E-state index < -0.39 is 5.60 Å². The van der Waals surface area contributed by atoms with Gasteiger partial charge < -0.3 is 28.7 Å². The minimum Gasteiger partial charge on any atom is -1.00 e. The maximum absolute atomic E-state index is 11.8. The van der Waals surface area contributed by atoms with Gasteiger partial charge in [0.2, 0.25) is 0 Å². The molecule has 6 heteroatoms. The summed E-state index contributed by atoms with van der Waals surface area (Å²) >= 11 is 3.15. The van der Waals surface area contributed by atoms with Crippen LogP contribution in [0.15, 0.2) is 10.5 Å². The van der Waals surface area contributed by atoms with Gasteiger partial charge in [-0.2, -0.15) is 4.79 Å². The second-order valence-corrected chi connectivity index (χ2v) is 6.45. The lowest BCUT2D eigenvalue weighted by Gasteiger charge is -2.15. The summed E-state index contributed by atoms with van der Waals surface area (Å²) in [5.74, 6) is 0. The maximum atomic E-state index is 11.8. The first kappa shape index (κ1) is 16.2. The van der Waals surface area contributed by atoms with Crippen LogP contribution in [0, 0.1) is 6.92 Å². The number of thioether (sulfide) groups is 1. The van der Waals surface area contributed by atoms with E-state index in [2.05, 4.69) is 0 Å². The van der Waals surface area contributed by atoms with Crippen LogP contribution < -0.4 is 28.5 Å². The molecule has 0 aliphatic heterocycles. The van der Waals surface area contributed by atoms with Crippen molar-refractivity contribution in [2.45, 2.75) is 37.6 Å². The Labute approximate surface area is 122 Å². The van der Waals surface area contributed by atoms with Crippen LogP contribution in [-0.2, 0) is 4.74 Å². The van der Waals surface area contributed by atoms with Gasteiger partial charge in [0.25, 0.3) is 0 Å². The summed E-state index contributed by atoms with van der Waals surface area (Å²) in [5, 5.41) is 0. The van der Waals surface area contributed by atoms with Gasteiger partial charge in [-0.1, -0.05) is 15.9 Å². The highest BCUT2D eigenvalue weighted by molar-refractivity contribution is 8.00. The topological polar surface area (TPSA) is 30.2 Å². The number of aryl methyl sites for hydroxylation is 1. The van der Waals surface area contributed by atoms with E-state index in [1.165, 1.54) is 0 Å². The zero-order valence-electron chi connectivity index (χ0n) is 10.0. The van der Waals surface area contributed by atoms with Crippen LogP contribution in [0.25, 0.3) is 0 Å². The van der Waals surface area contributed by atoms with Crippen molar-refractivity contribution in [3.05, 3.63) is 11.1 Å². The fraction of sp³-hybridized carbons (Fsp3) is 0.600. The molecular weight excluding hydrogens is 357 g/mol. The number of aromatic nitrogens is 1. The second kappa shape index (κ2) is 6.20. The Morgan fingerprint density at radius 2 is 2.06 bits per heavy atom. The SMILES string of the molecule is CSc1sc(C)c[n+]1C(=O)OC(C)(C)C.[I-]. The Bertz CT molecular complexity index is 371. The van der Waals surface area contributed by atoms with E-state index in [0.717, 1.165) is 9.22 Å². The molecule has 0 aliphatic rings. The van der Waals surface area contributed by atoms with E-state index in [1.54, 1.807) is 27.7 Å². The molecule has 0 amide bonds. The Kier molecular flexibility index (Phi) is 6.27. The molecule has 0 bridgehead atoms. The van der Waals surface area contributed by atoms with Crippen LogP contribution >= 0.6 is 23.1 Å². The third-order valence-electron chi connectivity index (χ3n) is 1.52. The monoisotopic (exact) mass is 373 g/mol. The maximum Gasteiger partial charge on any atom is 0.604 e. The van der Waals surface area contributed by atoms with E-state index in [-0.39, 0.29) is 30.1 Å². The van der Waals surface area contributed by atoms with Crippen LogP contribution in [0.5, 0.6) is 0 Å². The largest absolute Gasteiger partial charge is 1.00 e. The highest BCUT2D eigenvalue weighted by Crippen LogP contribution is 2.20. The van der Waals surface area contributed by atoms with Gasteiger partial charge in [-0.05, 0) is 45.7 Å². The quantitative estimate of drug-likeness (QED) is 0.390. The molecule has 16 heavy (non-hydrogen) atoms. The fourth-order valence-electron chi connectivity index (χ4n) is 1.03. The van der Waals surface area contributed by atoms with Gasteiger partial charge in [-0.15, -0.1) is 0 Å². The van der Waals surface area contributed by atoms with Crippen LogP contribution in [0.4, 0.5) is 4.79 Å². The van der Waals surface area contributed by atoms with Crippen molar-refractivity contribution >= 4 is 29.2 Å². The van der Waals surface area contributed by atoms with Crippen molar-refractivity contribution < 1.29 is 38.1 Å². The predicted molar refractivity (Wildman–Crippen MR) is 62.7 cm³/mol. The van der Waals surface area contributed by atoms with Crippen molar-refractivity contribution in [3.63, 3.8) is 0 Å². The zero-order chi connectivity index (χ0) is 11.6. The average Bonchev–Trinajstić information content (AvgIpc) is 2.43. The van der Waals surface area contributed by atoms with E-state index in [1.807, 2.05) is 40.1 Å². The van der Waals surface area contributed by atoms with E-state index in [0.29, 0.717) is 0 Å². The first-order chi connectivity index (χ1) is 6.83. The Morgan fingerprint density at radius 3 is 2.50 bits per heavy atom. The van der Waals surface area contributed by atoms with Gasteiger partial charge in [-0.25, -0.2) is 0 Å². The standard InChI is InChI=1S/C10H16NO2S2.HI/c1-7-6-11(9(14-5)15-7)8(12)13-10(2,3)4;/h6H,1-5H3;1H/q+1;/p-1. The number of nitrogens with zero attached hydrogens (tertiary/aromatic N) is 1. The molecule has 0 radical (unpaired) electrons. The van der Waals surface area contributed by atoms with E-state index >= 15 is 0 Å². The molecule has 1 rings (SSSR count). The number of thiazole rings is 1. The molecule has 0 saturated carbocycles. The third kappa shape index (κ3) is 4.58. The van der Waals surface area contributed by atoms with Crippen molar-refractivity contribution in [2.24, 2.45) is 0 Å². The fourth-order valence-corrected chi connectivity index (χ4v) is 2.74. The first-order valence-electron chi connectivity index (χ1n) is 4.63. The summed E-state index contributed by atoms with van der Waals surface area (Å²) in [6, 6.07) is 0. The Morgan fingerprint density at radius 1 is 1.50 bits per heavy atom. The first-order valence-corrected chi connectivity index (χ1v) is 6.67. The van der Waals surface area contributed by atoms with Crippen LogP contribution in [0.2, 0.25) is 0 Å². The molecular formula is C10H16INO2S2. The highest BCUT2D eigenvalue weighted by atomic mass is 127. The third-order valence-corrected chi connectivity index (χ3v) is 3.62. The van der Waals surface area contributed by atoms with E-state index in [4.69, 9.17) is 4.74 Å². The van der Waals surface area contributed by atoms with Gasteiger partial charge >= 0.3 is 10.4 Å². The molecule has 92 valence electrons. The lowest BCUT2D eigenvalue weighted by molar-refractivity contribution is -0.619. The van der Waals surface area contributed by atoms with Gasteiger partial charge in [0.15, 0.2) is 6.20 Å². The van der Waals surface area contributed by atoms with Crippen LogP contribution in [0.1, 0.15) is 25.6 Å². The van der Waals surface area contributed by atoms with Crippen molar-refractivity contribution in [2.75, 3.05) is 6.26 Å². The predicted octanol–water partition coefficient (Wildman–Crippen LogP) is -0.147. The summed E-state index contributed by atoms with van der Waals surface area (Å²) in [6.07, 6.45) is 3.45. The van der Waals surface area contributed by atoms with Crippen LogP contribution in [0.3, 0.4) is 0 Å². The Balaban J connectivity index is 0.00000225. The molecule has 0 spiro atoms. The summed E-state index contributed by atoms with van der Waals surface area (Å²) in [7, 11) is 0. The second-order valence-electron chi connectivity index (χ2n) is 4.16. The molecule has 0 saturated heterocycles. The number of hydrogen-bond donors (Lipinski definition) is 0. The summed E-state index contributed by atoms with van der Waals surface area (Å²) in [5.41, 5.74) is -0.449. The average molecular weight is 373 g/mol. The molecule has 0 atom stereocenters. The number of rotatable bonds is 1. The Hall–Kier alpha value is 0.180. The highest BCUT2D eigenvalue weighted by Gasteiger charge is 2.29.